The zero-order chi connectivity index (χ0) is 38.4. The maximum Gasteiger partial charge on any atom is 0.472 e. The minimum atomic E-state index is -4.61. The number of carboxylic acids is 1. The van der Waals surface area contributed by atoms with E-state index in [9.17, 15) is 19.0 Å². The van der Waals surface area contributed by atoms with Crippen LogP contribution in [-0.2, 0) is 32.7 Å². The van der Waals surface area contributed by atoms with Crippen molar-refractivity contribution in [3.63, 3.8) is 0 Å². The second-order valence-corrected chi connectivity index (χ2v) is 15.9. The number of carbonyl (C=O) groups excluding carboxylic acids is 1. The van der Waals surface area contributed by atoms with E-state index in [1.165, 1.54) is 122 Å². The van der Waals surface area contributed by atoms with Crippen LogP contribution in [0.15, 0.2) is 12.2 Å². The third-order valence-corrected chi connectivity index (χ3v) is 10.2. The van der Waals surface area contributed by atoms with Gasteiger partial charge in [-0.2, -0.15) is 0 Å². The van der Waals surface area contributed by atoms with Gasteiger partial charge < -0.3 is 25.2 Å². The van der Waals surface area contributed by atoms with Crippen LogP contribution in [0.25, 0.3) is 0 Å². The molecule has 1 unspecified atom stereocenters. The monoisotopic (exact) mass is 762 g/mol. The first-order chi connectivity index (χ1) is 25.2. The molecule has 0 bridgehead atoms. The summed E-state index contributed by atoms with van der Waals surface area (Å²) in [4.78, 5) is 33.5. The summed E-state index contributed by atoms with van der Waals surface area (Å²) in [7, 11) is -4.61. The van der Waals surface area contributed by atoms with Gasteiger partial charge in [-0.25, -0.2) is 4.57 Å². The Morgan fingerprint density at radius 3 is 1.46 bits per heavy atom. The number of hydrogen-bond acceptors (Lipinski definition) is 8. The third kappa shape index (κ3) is 37.0. The second-order valence-electron chi connectivity index (χ2n) is 14.5. The summed E-state index contributed by atoms with van der Waals surface area (Å²) < 4.78 is 33.3. The first-order valence-corrected chi connectivity index (χ1v) is 22.7. The molecule has 52 heavy (non-hydrogen) atoms. The molecule has 0 radical (unpaired) electrons. The standard InChI is InChI=1S/C41H80NO9P/c1-3-5-7-9-11-13-15-17-19-20-21-23-25-27-29-31-33-40(43)51-38(36-49-52(46,47)50-37-39(42)41(44)45)35-48-34-32-30-28-26-24-22-18-16-14-12-10-8-6-4-2/h19-20,38-39H,3-18,21-37,42H2,1-2H3,(H,44,45)(H,46,47)/b20-19-/t38-,39+/m1/s1. The van der Waals surface area contributed by atoms with Gasteiger partial charge in [0.15, 0.2) is 0 Å². The third-order valence-electron chi connectivity index (χ3n) is 9.29. The van der Waals surface area contributed by atoms with Crippen LogP contribution in [0.3, 0.4) is 0 Å². The van der Waals surface area contributed by atoms with E-state index in [2.05, 4.69) is 26.0 Å². The molecule has 0 aromatic carbocycles. The summed E-state index contributed by atoms with van der Waals surface area (Å²) in [5.74, 6) is -1.78. The molecule has 0 aliphatic rings. The van der Waals surface area contributed by atoms with Gasteiger partial charge in [0.25, 0.3) is 0 Å². The number of carbonyl (C=O) groups is 2. The SMILES string of the molecule is CCCCCCCCC/C=C\CCCCCCCC(=O)O[C@H](COCCCCCCCCCCCCCCCC)COP(=O)(O)OC[C@H](N)C(=O)O. The van der Waals surface area contributed by atoms with Gasteiger partial charge in [0.1, 0.15) is 12.1 Å². The Labute approximate surface area is 318 Å². The van der Waals surface area contributed by atoms with Gasteiger partial charge in [-0.05, 0) is 38.5 Å². The molecule has 4 N–H and O–H groups in total. The van der Waals surface area contributed by atoms with Crippen molar-refractivity contribution in [1.82, 2.24) is 0 Å². The Balaban J connectivity index is 4.24. The Morgan fingerprint density at radius 2 is 1.00 bits per heavy atom. The predicted molar refractivity (Wildman–Crippen MR) is 212 cm³/mol. The lowest BCUT2D eigenvalue weighted by Crippen LogP contribution is -2.34. The summed E-state index contributed by atoms with van der Waals surface area (Å²) in [5.41, 5.74) is 5.35. The number of nitrogens with two attached hydrogens (primary N) is 1. The minimum absolute atomic E-state index is 0.0191. The second kappa shape index (κ2) is 38.0. The molecule has 0 fully saturated rings. The lowest BCUT2D eigenvalue weighted by molar-refractivity contribution is -0.154. The fourth-order valence-electron chi connectivity index (χ4n) is 5.95. The van der Waals surface area contributed by atoms with E-state index in [0.29, 0.717) is 13.0 Å². The Morgan fingerprint density at radius 1 is 0.596 bits per heavy atom. The zero-order valence-electron chi connectivity index (χ0n) is 33.4. The summed E-state index contributed by atoms with van der Waals surface area (Å²) in [6.07, 6.45) is 38.3. The van der Waals surface area contributed by atoms with E-state index >= 15 is 0 Å². The molecule has 10 nitrogen and oxygen atoms in total. The van der Waals surface area contributed by atoms with Gasteiger partial charge in [-0.3, -0.25) is 18.6 Å². The molecule has 0 saturated heterocycles. The van der Waals surface area contributed by atoms with Crippen LogP contribution < -0.4 is 5.73 Å². The smallest absolute Gasteiger partial charge is 0.472 e. The topological polar surface area (TPSA) is 155 Å². The van der Waals surface area contributed by atoms with Crippen LogP contribution in [0.2, 0.25) is 0 Å². The van der Waals surface area contributed by atoms with Crippen LogP contribution in [0.4, 0.5) is 0 Å². The number of phosphoric acid groups is 1. The summed E-state index contributed by atoms with van der Waals surface area (Å²) in [6, 6.07) is -1.47. The van der Waals surface area contributed by atoms with Gasteiger partial charge in [0.05, 0.1) is 19.8 Å². The average Bonchev–Trinajstić information content (AvgIpc) is 3.12. The number of carboxylic acid groups (broad SMARTS) is 1. The fraction of sp³-hybridized carbons (Fsp3) is 0.902. The molecule has 0 heterocycles. The molecule has 0 aliphatic carbocycles. The maximum absolute atomic E-state index is 12.6. The average molecular weight is 762 g/mol. The van der Waals surface area contributed by atoms with Crippen LogP contribution in [-0.4, -0.2) is 60.5 Å². The molecule has 0 rings (SSSR count). The molecule has 0 aliphatic heterocycles. The number of aliphatic carboxylic acids is 1. The summed E-state index contributed by atoms with van der Waals surface area (Å²) >= 11 is 0. The number of allylic oxidation sites excluding steroid dienone is 2. The van der Waals surface area contributed by atoms with Crippen LogP contribution in [0.5, 0.6) is 0 Å². The molecular formula is C41H80NO9P. The molecule has 0 amide bonds. The van der Waals surface area contributed by atoms with Crippen molar-refractivity contribution >= 4 is 19.8 Å². The van der Waals surface area contributed by atoms with Crippen LogP contribution in [0.1, 0.15) is 200 Å². The molecular weight excluding hydrogens is 681 g/mol. The maximum atomic E-state index is 12.6. The highest BCUT2D eigenvalue weighted by Crippen LogP contribution is 2.43. The van der Waals surface area contributed by atoms with Gasteiger partial charge in [-0.15, -0.1) is 0 Å². The molecule has 3 atom stereocenters. The van der Waals surface area contributed by atoms with Crippen molar-refractivity contribution in [2.75, 3.05) is 26.4 Å². The van der Waals surface area contributed by atoms with Crippen LogP contribution >= 0.6 is 7.82 Å². The number of unbranched alkanes of at least 4 members (excludes halogenated alkanes) is 25. The normalized spacial score (nSPS) is 14.1. The van der Waals surface area contributed by atoms with Gasteiger partial charge in [0, 0.05) is 13.0 Å². The van der Waals surface area contributed by atoms with Gasteiger partial charge in [-0.1, -0.05) is 167 Å². The quantitative estimate of drug-likeness (QED) is 0.0237. The van der Waals surface area contributed by atoms with Crippen LogP contribution in [0, 0.1) is 0 Å². The van der Waals surface area contributed by atoms with Crippen molar-refractivity contribution < 1.29 is 42.7 Å². The van der Waals surface area contributed by atoms with Crippen molar-refractivity contribution in [2.45, 2.75) is 212 Å². The van der Waals surface area contributed by atoms with E-state index in [-0.39, 0.29) is 13.0 Å². The minimum Gasteiger partial charge on any atom is -0.480 e. The zero-order valence-corrected chi connectivity index (χ0v) is 34.3. The molecule has 0 aromatic rings. The van der Waals surface area contributed by atoms with Crippen molar-refractivity contribution in [3.8, 4) is 0 Å². The number of rotatable bonds is 41. The Kier molecular flexibility index (Phi) is 37.1. The molecule has 0 spiro atoms. The van der Waals surface area contributed by atoms with Crippen molar-refractivity contribution in [2.24, 2.45) is 5.73 Å². The largest absolute Gasteiger partial charge is 0.480 e. The number of ether oxygens (including phenoxy) is 2. The number of esters is 1. The van der Waals surface area contributed by atoms with E-state index < -0.39 is 45.1 Å². The first kappa shape index (κ1) is 50.7. The Hall–Kier alpha value is -1.29. The number of hydrogen-bond donors (Lipinski definition) is 3. The highest BCUT2D eigenvalue weighted by atomic mass is 31.2. The summed E-state index contributed by atoms with van der Waals surface area (Å²) in [6.45, 7) is 3.89. The molecule has 0 aromatic heterocycles. The van der Waals surface area contributed by atoms with E-state index in [4.69, 9.17) is 29.4 Å². The molecule has 11 heteroatoms. The lowest BCUT2D eigenvalue weighted by Gasteiger charge is -2.20. The molecule has 308 valence electrons. The Bertz CT molecular complexity index is 888. The highest BCUT2D eigenvalue weighted by molar-refractivity contribution is 7.47. The highest BCUT2D eigenvalue weighted by Gasteiger charge is 2.27. The lowest BCUT2D eigenvalue weighted by atomic mass is 10.0. The van der Waals surface area contributed by atoms with Crippen molar-refractivity contribution in [1.29, 1.82) is 0 Å². The van der Waals surface area contributed by atoms with Gasteiger partial charge in [0.2, 0.25) is 0 Å². The molecule has 0 saturated carbocycles. The summed E-state index contributed by atoms with van der Waals surface area (Å²) in [5, 5.41) is 8.88. The van der Waals surface area contributed by atoms with E-state index in [0.717, 1.165) is 51.4 Å². The van der Waals surface area contributed by atoms with Crippen molar-refractivity contribution in [3.05, 3.63) is 12.2 Å². The number of phosphoric ester groups is 1. The van der Waals surface area contributed by atoms with E-state index in [1.54, 1.807) is 0 Å². The fourth-order valence-corrected chi connectivity index (χ4v) is 6.73. The first-order valence-electron chi connectivity index (χ1n) is 21.2. The predicted octanol–water partition coefficient (Wildman–Crippen LogP) is 11.4. The van der Waals surface area contributed by atoms with E-state index in [1.807, 2.05) is 0 Å². The van der Waals surface area contributed by atoms with Gasteiger partial charge >= 0.3 is 19.8 Å².